The second-order valence-corrected chi connectivity index (χ2v) is 5.74. The molecule has 0 aromatic heterocycles. The third-order valence-corrected chi connectivity index (χ3v) is 3.80. The van der Waals surface area contributed by atoms with E-state index in [0.29, 0.717) is 6.07 Å². The SMILES string of the molecule is CC(=O)C(CC(=O)NO)C(=N)OOc1ccc(C2(C(F)(F)F)N=N2)cc1[N+](=O)[O-]. The summed E-state index contributed by atoms with van der Waals surface area (Å²) in [6.07, 6.45) is -5.57. The van der Waals surface area contributed by atoms with Gasteiger partial charge < -0.3 is 0 Å². The third kappa shape index (κ3) is 4.45. The molecule has 15 heteroatoms. The fraction of sp³-hybridized carbons (Fsp3) is 0.357. The molecule has 1 aromatic carbocycles. The van der Waals surface area contributed by atoms with Gasteiger partial charge in [-0.3, -0.25) is 40.1 Å². The highest BCUT2D eigenvalue weighted by molar-refractivity contribution is 6.01. The number of nitrogens with zero attached hydrogens (tertiary/aromatic N) is 3. The predicted octanol–water partition coefficient (Wildman–Crippen LogP) is 2.16. The van der Waals surface area contributed by atoms with Crippen LogP contribution >= 0.6 is 0 Å². The fourth-order valence-electron chi connectivity index (χ4n) is 2.19. The second-order valence-electron chi connectivity index (χ2n) is 5.74. The van der Waals surface area contributed by atoms with E-state index in [1.165, 1.54) is 5.48 Å². The van der Waals surface area contributed by atoms with Crippen molar-refractivity contribution in [2.24, 2.45) is 16.1 Å². The van der Waals surface area contributed by atoms with Crippen molar-refractivity contribution in [1.29, 1.82) is 5.41 Å². The van der Waals surface area contributed by atoms with E-state index >= 15 is 0 Å². The number of hydrogen-bond donors (Lipinski definition) is 3. The smallest absolute Gasteiger partial charge is 0.299 e. The van der Waals surface area contributed by atoms with Crippen LogP contribution in [-0.4, -0.2) is 33.9 Å². The number of hydrogen-bond acceptors (Lipinski definition) is 10. The first-order valence-electron chi connectivity index (χ1n) is 7.59. The van der Waals surface area contributed by atoms with Gasteiger partial charge in [0.15, 0.2) is 0 Å². The minimum Gasteiger partial charge on any atom is -0.299 e. The van der Waals surface area contributed by atoms with Crippen LogP contribution in [0.15, 0.2) is 28.4 Å². The lowest BCUT2D eigenvalue weighted by atomic mass is 10.0. The monoisotopic (exact) mass is 419 g/mol. The molecule has 156 valence electrons. The maximum Gasteiger partial charge on any atom is 0.442 e. The van der Waals surface area contributed by atoms with E-state index in [0.717, 1.165) is 19.1 Å². The summed E-state index contributed by atoms with van der Waals surface area (Å²) in [7, 11) is 0. The lowest BCUT2D eigenvalue weighted by Gasteiger charge is -2.16. The molecule has 0 spiro atoms. The molecule has 1 atom stereocenters. The van der Waals surface area contributed by atoms with Gasteiger partial charge in [-0.2, -0.15) is 13.2 Å². The molecule has 12 nitrogen and oxygen atoms in total. The number of carbonyl (C=O) groups excluding carboxylic acids is 2. The Balaban J connectivity index is 2.21. The Bertz CT molecular complexity index is 896. The van der Waals surface area contributed by atoms with E-state index in [4.69, 9.17) is 10.6 Å². The van der Waals surface area contributed by atoms with Crippen molar-refractivity contribution in [3.63, 3.8) is 0 Å². The molecule has 0 bridgehead atoms. The van der Waals surface area contributed by atoms with Crippen molar-refractivity contribution in [3.05, 3.63) is 33.9 Å². The number of amides is 1. The number of rotatable bonds is 8. The van der Waals surface area contributed by atoms with Crippen LogP contribution in [-0.2, 0) is 20.1 Å². The average molecular weight is 419 g/mol. The molecule has 2 rings (SSSR count). The number of halogens is 3. The van der Waals surface area contributed by atoms with E-state index in [-0.39, 0.29) is 0 Å². The molecule has 0 fully saturated rings. The maximum atomic E-state index is 13.0. The summed E-state index contributed by atoms with van der Waals surface area (Å²) in [5.41, 5.74) is -3.20. The third-order valence-electron chi connectivity index (χ3n) is 3.80. The molecule has 1 heterocycles. The fourth-order valence-corrected chi connectivity index (χ4v) is 2.19. The Morgan fingerprint density at radius 2 is 2.03 bits per heavy atom. The van der Waals surface area contributed by atoms with Gasteiger partial charge in [-0.1, -0.05) is 0 Å². The van der Waals surface area contributed by atoms with Gasteiger partial charge in [0, 0.05) is 18.1 Å². The highest BCUT2D eigenvalue weighted by Crippen LogP contribution is 2.53. The Morgan fingerprint density at radius 1 is 1.41 bits per heavy atom. The molecule has 29 heavy (non-hydrogen) atoms. The Hall–Kier alpha value is -3.62. The summed E-state index contributed by atoms with van der Waals surface area (Å²) in [4.78, 5) is 41.9. The van der Waals surface area contributed by atoms with Crippen molar-refractivity contribution in [2.45, 2.75) is 25.2 Å². The number of nitro benzene ring substituents is 1. The Kier molecular flexibility index (Phi) is 5.82. The molecule has 1 aliphatic rings. The summed E-state index contributed by atoms with van der Waals surface area (Å²) in [5.74, 6) is -4.79. The molecular formula is C14H12F3N5O7. The van der Waals surface area contributed by atoms with Crippen LogP contribution in [0.4, 0.5) is 18.9 Å². The highest BCUT2D eigenvalue weighted by Gasteiger charge is 2.65. The molecular weight excluding hydrogens is 407 g/mol. The molecule has 1 unspecified atom stereocenters. The number of Topliss-reactive ketones (excluding diaryl/α,β-unsaturated/α-hetero) is 1. The number of alkyl halides is 3. The zero-order valence-electron chi connectivity index (χ0n) is 14.4. The first kappa shape index (κ1) is 21.7. The Labute approximate surface area is 158 Å². The number of ketones is 1. The first-order valence-corrected chi connectivity index (χ1v) is 7.59. The van der Waals surface area contributed by atoms with Gasteiger partial charge >= 0.3 is 17.5 Å². The number of nitro groups is 1. The van der Waals surface area contributed by atoms with Crippen LogP contribution < -0.4 is 10.4 Å². The predicted molar refractivity (Wildman–Crippen MR) is 83.8 cm³/mol. The van der Waals surface area contributed by atoms with Crippen molar-refractivity contribution in [3.8, 4) is 5.75 Å². The summed E-state index contributed by atoms with van der Waals surface area (Å²) in [5, 5.41) is 33.2. The van der Waals surface area contributed by atoms with Crippen LogP contribution in [0.3, 0.4) is 0 Å². The molecule has 1 aliphatic heterocycles. The summed E-state index contributed by atoms with van der Waals surface area (Å²) in [6, 6.07) is 2.14. The minimum absolute atomic E-state index is 0.539. The van der Waals surface area contributed by atoms with Gasteiger partial charge in [-0.15, -0.1) is 10.2 Å². The van der Waals surface area contributed by atoms with Crippen molar-refractivity contribution in [2.75, 3.05) is 0 Å². The lowest BCUT2D eigenvalue weighted by Crippen LogP contribution is -2.31. The zero-order chi connectivity index (χ0) is 22.0. The van der Waals surface area contributed by atoms with Crippen LogP contribution in [0.2, 0.25) is 0 Å². The molecule has 0 saturated heterocycles. The van der Waals surface area contributed by atoms with E-state index in [9.17, 15) is 32.9 Å². The van der Waals surface area contributed by atoms with Crippen LogP contribution in [0.1, 0.15) is 18.9 Å². The van der Waals surface area contributed by atoms with Crippen molar-refractivity contribution in [1.82, 2.24) is 5.48 Å². The zero-order valence-corrected chi connectivity index (χ0v) is 14.4. The molecule has 0 aliphatic carbocycles. The van der Waals surface area contributed by atoms with Gasteiger partial charge in [-0.05, 0) is 19.1 Å². The van der Waals surface area contributed by atoms with Gasteiger partial charge in [0.2, 0.25) is 11.8 Å². The normalized spacial score (nSPS) is 15.2. The van der Waals surface area contributed by atoms with E-state index in [1.54, 1.807) is 0 Å². The van der Waals surface area contributed by atoms with E-state index in [1.807, 2.05) is 0 Å². The number of hydroxylamine groups is 1. The molecule has 1 aromatic rings. The quantitative estimate of drug-likeness (QED) is 0.144. The van der Waals surface area contributed by atoms with Crippen molar-refractivity contribution < 1.29 is 42.7 Å². The average Bonchev–Trinajstić information content (AvgIpc) is 3.45. The molecule has 3 N–H and O–H groups in total. The van der Waals surface area contributed by atoms with Crippen molar-refractivity contribution >= 4 is 23.3 Å². The number of carbonyl (C=O) groups is 2. The highest BCUT2D eigenvalue weighted by atomic mass is 19.4. The van der Waals surface area contributed by atoms with Gasteiger partial charge in [-0.25, -0.2) is 5.48 Å². The van der Waals surface area contributed by atoms with Crippen LogP contribution in [0.5, 0.6) is 5.75 Å². The maximum absolute atomic E-state index is 13.0. The standard InChI is InChI=1S/C14H12F3N5O7/c1-6(23)8(5-11(24)19-25)12(18)29-28-10-3-2-7(4-9(10)22(26)27)13(20-21-13)14(15,16)17/h2-4,8,18,25H,5H2,1H3,(H,19,24). The second kappa shape index (κ2) is 7.78. The van der Waals surface area contributed by atoms with E-state index < -0.39 is 63.7 Å². The first-order chi connectivity index (χ1) is 13.4. The van der Waals surface area contributed by atoms with Crippen LogP contribution in [0.25, 0.3) is 0 Å². The molecule has 0 saturated carbocycles. The summed E-state index contributed by atoms with van der Waals surface area (Å²) >= 11 is 0. The Morgan fingerprint density at radius 3 is 2.48 bits per heavy atom. The van der Waals surface area contributed by atoms with Gasteiger partial charge in [0.25, 0.3) is 5.75 Å². The van der Waals surface area contributed by atoms with Gasteiger partial charge in [0.05, 0.1) is 4.92 Å². The minimum atomic E-state index is -4.90. The largest absolute Gasteiger partial charge is 0.442 e. The number of nitrogens with one attached hydrogen (secondary N) is 2. The van der Waals surface area contributed by atoms with Gasteiger partial charge in [0.1, 0.15) is 11.7 Å². The topological polar surface area (TPSA) is 177 Å². The lowest BCUT2D eigenvalue weighted by molar-refractivity contribution is -0.387. The molecule has 1 amide bonds. The van der Waals surface area contributed by atoms with E-state index in [2.05, 4.69) is 20.0 Å². The van der Waals surface area contributed by atoms with Crippen LogP contribution in [0, 0.1) is 21.4 Å². The summed E-state index contributed by atoms with van der Waals surface area (Å²) in [6.45, 7) is 1.02. The number of benzene rings is 1. The molecule has 0 radical (unpaired) electrons. The summed E-state index contributed by atoms with van der Waals surface area (Å²) < 4.78 is 39.1.